The van der Waals surface area contributed by atoms with Crippen LogP contribution < -0.4 is 10.1 Å². The fraction of sp³-hybridized carbons (Fsp3) is 0.538. The Morgan fingerprint density at radius 2 is 2.17 bits per heavy atom. The summed E-state index contributed by atoms with van der Waals surface area (Å²) in [4.78, 5) is 8.52. The number of nitrogens with zero attached hydrogens (tertiary/aromatic N) is 2. The van der Waals surface area contributed by atoms with Gasteiger partial charge in [0.1, 0.15) is 12.4 Å². The van der Waals surface area contributed by atoms with E-state index in [9.17, 15) is 0 Å². The smallest absolute Gasteiger partial charge is 0.220 e. The molecule has 0 fully saturated rings. The summed E-state index contributed by atoms with van der Waals surface area (Å²) < 4.78 is 10.9. The zero-order chi connectivity index (χ0) is 13.6. The van der Waals surface area contributed by atoms with E-state index < -0.39 is 5.60 Å². The van der Waals surface area contributed by atoms with Gasteiger partial charge in [-0.3, -0.25) is 0 Å². The number of nitrogens with one attached hydrogen (secondary N) is 1. The van der Waals surface area contributed by atoms with Crippen LogP contribution in [0.1, 0.15) is 26.6 Å². The standard InChI is InChI=1S/C13H19N3O2/c1-6-13(3,4)18-12-8-10(14-5)15-11(16-12)9-17-7-2/h1,8H,7,9H2,2-5H3,(H,14,15,16). The van der Waals surface area contributed by atoms with Gasteiger partial charge in [-0.05, 0) is 20.8 Å². The van der Waals surface area contributed by atoms with Crippen LogP contribution in [-0.4, -0.2) is 29.2 Å². The molecule has 0 aromatic carbocycles. The first kappa shape index (κ1) is 14.3. The number of anilines is 1. The van der Waals surface area contributed by atoms with Crippen molar-refractivity contribution >= 4 is 5.82 Å². The minimum atomic E-state index is -0.706. The van der Waals surface area contributed by atoms with Crippen molar-refractivity contribution in [3.05, 3.63) is 11.9 Å². The van der Waals surface area contributed by atoms with Gasteiger partial charge in [0, 0.05) is 19.7 Å². The maximum atomic E-state index is 5.63. The van der Waals surface area contributed by atoms with Crippen LogP contribution in [0.15, 0.2) is 6.07 Å². The average Bonchev–Trinajstić information content (AvgIpc) is 2.35. The highest BCUT2D eigenvalue weighted by molar-refractivity contribution is 5.38. The van der Waals surface area contributed by atoms with Crippen LogP contribution in [0.4, 0.5) is 5.82 Å². The molecule has 0 aliphatic heterocycles. The van der Waals surface area contributed by atoms with E-state index in [4.69, 9.17) is 15.9 Å². The fourth-order valence-corrected chi connectivity index (χ4v) is 1.20. The minimum Gasteiger partial charge on any atom is -0.458 e. The molecule has 98 valence electrons. The number of aromatic nitrogens is 2. The summed E-state index contributed by atoms with van der Waals surface area (Å²) in [5, 5.41) is 2.95. The highest BCUT2D eigenvalue weighted by atomic mass is 16.5. The summed E-state index contributed by atoms with van der Waals surface area (Å²) in [6.45, 7) is 6.48. The second-order valence-electron chi connectivity index (χ2n) is 4.15. The third-order valence-electron chi connectivity index (χ3n) is 2.15. The molecule has 18 heavy (non-hydrogen) atoms. The van der Waals surface area contributed by atoms with Gasteiger partial charge in [0.25, 0.3) is 0 Å². The van der Waals surface area contributed by atoms with Gasteiger partial charge in [-0.1, -0.05) is 5.92 Å². The molecule has 1 N–H and O–H groups in total. The van der Waals surface area contributed by atoms with Crippen molar-refractivity contribution in [2.24, 2.45) is 0 Å². The molecule has 0 bridgehead atoms. The molecular formula is C13H19N3O2. The molecular weight excluding hydrogens is 230 g/mol. The molecule has 0 spiro atoms. The molecule has 1 rings (SSSR count). The second-order valence-corrected chi connectivity index (χ2v) is 4.15. The molecule has 5 heteroatoms. The number of terminal acetylenes is 1. The molecule has 0 aliphatic rings. The van der Waals surface area contributed by atoms with Crippen molar-refractivity contribution in [3.63, 3.8) is 0 Å². The second kappa shape index (κ2) is 6.22. The van der Waals surface area contributed by atoms with Crippen LogP contribution in [0.3, 0.4) is 0 Å². The van der Waals surface area contributed by atoms with Crippen molar-refractivity contribution in [2.45, 2.75) is 33.0 Å². The lowest BCUT2D eigenvalue weighted by molar-refractivity contribution is 0.124. The molecule has 1 aromatic heterocycles. The van der Waals surface area contributed by atoms with Gasteiger partial charge in [-0.2, -0.15) is 4.98 Å². The molecule has 5 nitrogen and oxygen atoms in total. The van der Waals surface area contributed by atoms with E-state index in [0.29, 0.717) is 30.7 Å². The summed E-state index contributed by atoms with van der Waals surface area (Å²) in [6.07, 6.45) is 5.38. The Kier molecular flexibility index (Phi) is 4.93. The predicted octanol–water partition coefficient (Wildman–Crippen LogP) is 1.85. The van der Waals surface area contributed by atoms with Gasteiger partial charge in [0.2, 0.25) is 5.88 Å². The van der Waals surface area contributed by atoms with Gasteiger partial charge in [-0.15, -0.1) is 6.42 Å². The SMILES string of the molecule is C#CC(C)(C)Oc1cc(NC)nc(COCC)n1. The third kappa shape index (κ3) is 4.22. The van der Waals surface area contributed by atoms with Gasteiger partial charge in [0.05, 0.1) is 0 Å². The topological polar surface area (TPSA) is 56.3 Å². The van der Waals surface area contributed by atoms with Crippen molar-refractivity contribution in [2.75, 3.05) is 19.0 Å². The van der Waals surface area contributed by atoms with Gasteiger partial charge >= 0.3 is 0 Å². The summed E-state index contributed by atoms with van der Waals surface area (Å²) in [7, 11) is 1.78. The Bertz CT molecular complexity index is 438. The summed E-state index contributed by atoms with van der Waals surface area (Å²) in [5.41, 5.74) is -0.706. The molecule has 0 radical (unpaired) electrons. The number of hydrogen-bond acceptors (Lipinski definition) is 5. The molecule has 0 saturated carbocycles. The lowest BCUT2D eigenvalue weighted by Gasteiger charge is -2.20. The van der Waals surface area contributed by atoms with E-state index in [0.717, 1.165) is 0 Å². The number of hydrogen-bond donors (Lipinski definition) is 1. The van der Waals surface area contributed by atoms with Crippen LogP contribution in [0.5, 0.6) is 5.88 Å². The van der Waals surface area contributed by atoms with Crippen molar-refractivity contribution in [1.82, 2.24) is 9.97 Å². The summed E-state index contributed by atoms with van der Waals surface area (Å²) in [6, 6.07) is 1.70. The maximum Gasteiger partial charge on any atom is 0.220 e. The molecule has 0 saturated heterocycles. The molecule has 0 atom stereocenters. The highest BCUT2D eigenvalue weighted by Crippen LogP contribution is 2.19. The largest absolute Gasteiger partial charge is 0.458 e. The van der Waals surface area contributed by atoms with Gasteiger partial charge < -0.3 is 14.8 Å². The van der Waals surface area contributed by atoms with Crippen LogP contribution in [0, 0.1) is 12.3 Å². The summed E-state index contributed by atoms with van der Waals surface area (Å²) >= 11 is 0. The Balaban J connectivity index is 2.94. The fourth-order valence-electron chi connectivity index (χ4n) is 1.20. The van der Waals surface area contributed by atoms with E-state index >= 15 is 0 Å². The Morgan fingerprint density at radius 1 is 1.44 bits per heavy atom. The number of ether oxygens (including phenoxy) is 2. The average molecular weight is 249 g/mol. The van der Waals surface area contributed by atoms with Crippen LogP contribution in [-0.2, 0) is 11.3 Å². The molecule has 1 aromatic rings. The van der Waals surface area contributed by atoms with Gasteiger partial charge in [0.15, 0.2) is 11.4 Å². The van der Waals surface area contributed by atoms with E-state index in [2.05, 4.69) is 21.2 Å². The quantitative estimate of drug-likeness (QED) is 0.780. The zero-order valence-corrected chi connectivity index (χ0v) is 11.3. The Labute approximate surface area is 108 Å². The van der Waals surface area contributed by atoms with Crippen LogP contribution in [0.25, 0.3) is 0 Å². The molecule has 0 unspecified atom stereocenters. The summed E-state index contributed by atoms with van der Waals surface area (Å²) in [5.74, 6) is 4.22. The monoisotopic (exact) mass is 249 g/mol. The van der Waals surface area contributed by atoms with Crippen molar-refractivity contribution < 1.29 is 9.47 Å². The van der Waals surface area contributed by atoms with Crippen LogP contribution >= 0.6 is 0 Å². The first-order valence-electron chi connectivity index (χ1n) is 5.81. The molecule has 0 aliphatic carbocycles. The maximum absolute atomic E-state index is 5.63. The first-order chi connectivity index (χ1) is 8.50. The first-order valence-corrected chi connectivity index (χ1v) is 5.81. The third-order valence-corrected chi connectivity index (χ3v) is 2.15. The zero-order valence-electron chi connectivity index (χ0n) is 11.3. The van der Waals surface area contributed by atoms with E-state index in [1.165, 1.54) is 0 Å². The van der Waals surface area contributed by atoms with Gasteiger partial charge in [-0.25, -0.2) is 4.98 Å². The minimum absolute atomic E-state index is 0.346. The predicted molar refractivity (Wildman–Crippen MR) is 70.4 cm³/mol. The molecule has 0 amide bonds. The van der Waals surface area contributed by atoms with Crippen LogP contribution in [0.2, 0.25) is 0 Å². The Hall–Kier alpha value is -1.80. The lowest BCUT2D eigenvalue weighted by Crippen LogP contribution is -2.26. The van der Waals surface area contributed by atoms with E-state index in [1.807, 2.05) is 6.92 Å². The van der Waals surface area contributed by atoms with E-state index in [1.54, 1.807) is 27.0 Å². The van der Waals surface area contributed by atoms with Crippen molar-refractivity contribution in [3.8, 4) is 18.2 Å². The highest BCUT2D eigenvalue weighted by Gasteiger charge is 2.17. The van der Waals surface area contributed by atoms with E-state index in [-0.39, 0.29) is 0 Å². The Morgan fingerprint density at radius 3 is 2.72 bits per heavy atom. The lowest BCUT2D eigenvalue weighted by atomic mass is 10.1. The number of rotatable bonds is 6. The molecule has 1 heterocycles. The normalized spacial score (nSPS) is 10.8. The van der Waals surface area contributed by atoms with Crippen molar-refractivity contribution in [1.29, 1.82) is 0 Å².